The first kappa shape index (κ1) is 12.9. The van der Waals surface area contributed by atoms with Gasteiger partial charge in [-0.3, -0.25) is 0 Å². The number of hydrogen-bond donors (Lipinski definition) is 1. The van der Waals surface area contributed by atoms with Gasteiger partial charge in [-0.15, -0.1) is 0 Å². The SMILES string of the molecule is N=C1OI(OC2C3CC4CC(C3)CC2C4)c2ccccc21. The van der Waals surface area contributed by atoms with Crippen LogP contribution in [0.1, 0.15) is 37.7 Å². The van der Waals surface area contributed by atoms with E-state index in [0.717, 1.165) is 29.2 Å². The Morgan fingerprint density at radius 3 is 2.38 bits per heavy atom. The van der Waals surface area contributed by atoms with Gasteiger partial charge >= 0.3 is 133 Å². The van der Waals surface area contributed by atoms with Gasteiger partial charge in [0, 0.05) is 0 Å². The average molecular weight is 397 g/mol. The first-order valence-electron chi connectivity index (χ1n) is 8.01. The van der Waals surface area contributed by atoms with Crippen LogP contribution in [0, 0.1) is 32.7 Å². The summed E-state index contributed by atoms with van der Waals surface area (Å²) >= 11 is -2.09. The Hall–Kier alpha value is -0.620. The summed E-state index contributed by atoms with van der Waals surface area (Å²) in [6, 6.07) is 8.14. The number of benzene rings is 1. The zero-order valence-corrected chi connectivity index (χ0v) is 14.1. The van der Waals surface area contributed by atoms with Crippen molar-refractivity contribution in [2.45, 2.75) is 38.2 Å². The third-order valence-corrected chi connectivity index (χ3v) is 9.54. The van der Waals surface area contributed by atoms with Gasteiger partial charge in [0.1, 0.15) is 0 Å². The number of nitrogens with one attached hydrogen (secondary N) is 1. The van der Waals surface area contributed by atoms with E-state index in [9.17, 15) is 0 Å². The molecule has 4 aliphatic carbocycles. The molecular weight excluding hydrogens is 377 g/mol. The van der Waals surface area contributed by atoms with E-state index >= 15 is 0 Å². The number of rotatable bonds is 2. The predicted molar refractivity (Wildman–Crippen MR) is 89.0 cm³/mol. The van der Waals surface area contributed by atoms with E-state index in [1.54, 1.807) is 0 Å². The van der Waals surface area contributed by atoms with Crippen molar-refractivity contribution in [3.8, 4) is 0 Å². The second-order valence-electron chi connectivity index (χ2n) is 7.09. The van der Waals surface area contributed by atoms with Gasteiger partial charge in [0.25, 0.3) is 0 Å². The summed E-state index contributed by atoms with van der Waals surface area (Å²) in [4.78, 5) is 0. The van der Waals surface area contributed by atoms with Gasteiger partial charge in [-0.1, -0.05) is 0 Å². The van der Waals surface area contributed by atoms with Crippen LogP contribution in [0.15, 0.2) is 24.3 Å². The molecule has 0 saturated heterocycles. The van der Waals surface area contributed by atoms with Crippen molar-refractivity contribution in [1.82, 2.24) is 0 Å². The van der Waals surface area contributed by atoms with Gasteiger partial charge in [0.05, 0.1) is 0 Å². The molecule has 0 aromatic heterocycles. The predicted octanol–water partition coefficient (Wildman–Crippen LogP) is 4.39. The van der Waals surface area contributed by atoms with E-state index in [-0.39, 0.29) is 0 Å². The van der Waals surface area contributed by atoms with Crippen LogP contribution in [0.3, 0.4) is 0 Å². The Balaban J connectivity index is 1.40. The van der Waals surface area contributed by atoms with Crippen molar-refractivity contribution in [3.63, 3.8) is 0 Å². The molecular formula is C17H20INO2. The molecule has 112 valence electrons. The molecule has 21 heavy (non-hydrogen) atoms. The van der Waals surface area contributed by atoms with Crippen LogP contribution in [0.2, 0.25) is 0 Å². The average Bonchev–Trinajstić information content (AvgIpc) is 2.79. The van der Waals surface area contributed by atoms with Crippen molar-refractivity contribution in [2.24, 2.45) is 23.7 Å². The van der Waals surface area contributed by atoms with Gasteiger partial charge < -0.3 is 0 Å². The van der Waals surface area contributed by atoms with E-state index in [1.807, 2.05) is 18.2 Å². The molecule has 6 rings (SSSR count). The first-order valence-corrected chi connectivity index (χ1v) is 10.9. The summed E-state index contributed by atoms with van der Waals surface area (Å²) in [6.07, 6.45) is 7.40. The molecule has 5 aliphatic rings. The summed E-state index contributed by atoms with van der Waals surface area (Å²) in [5.41, 5.74) is 0.964. The fourth-order valence-electron chi connectivity index (χ4n) is 5.11. The summed E-state index contributed by atoms with van der Waals surface area (Å²) in [6.45, 7) is 0. The number of fused-ring (bicyclic) bond motifs is 1. The van der Waals surface area contributed by atoms with Gasteiger partial charge in [-0.2, -0.15) is 0 Å². The Morgan fingerprint density at radius 2 is 1.67 bits per heavy atom. The number of halogens is 1. The monoisotopic (exact) mass is 397 g/mol. The third-order valence-electron chi connectivity index (χ3n) is 5.76. The molecule has 4 saturated carbocycles. The Morgan fingerprint density at radius 1 is 1.00 bits per heavy atom. The fraction of sp³-hybridized carbons (Fsp3) is 0.588. The Labute approximate surface area is 133 Å². The van der Waals surface area contributed by atoms with Gasteiger partial charge in [0.2, 0.25) is 0 Å². The minimum absolute atomic E-state index is 0.333. The second-order valence-corrected chi connectivity index (χ2v) is 10.4. The van der Waals surface area contributed by atoms with Crippen LogP contribution in [0.4, 0.5) is 0 Å². The van der Waals surface area contributed by atoms with Gasteiger partial charge in [-0.25, -0.2) is 0 Å². The topological polar surface area (TPSA) is 42.3 Å². The summed E-state index contributed by atoms with van der Waals surface area (Å²) < 4.78 is 13.6. The Kier molecular flexibility index (Phi) is 2.87. The molecule has 4 fully saturated rings. The standard InChI is InChI=1S/C17H20INO2/c19-17-14-3-1-2-4-15(14)18(21-17)20-16-12-6-10-5-11(8-12)9-13(16)7-10/h1-4,10-13,16,19H,5-9H2. The van der Waals surface area contributed by atoms with E-state index in [1.165, 1.54) is 35.7 Å². The molecule has 0 unspecified atom stereocenters. The fourth-order valence-corrected chi connectivity index (χ4v) is 9.13. The molecule has 4 heteroatoms. The van der Waals surface area contributed by atoms with Crippen molar-refractivity contribution < 1.29 is 6.13 Å². The van der Waals surface area contributed by atoms with Gasteiger partial charge in [0.15, 0.2) is 0 Å². The van der Waals surface area contributed by atoms with Crippen LogP contribution >= 0.6 is 20.6 Å². The van der Waals surface area contributed by atoms with Gasteiger partial charge in [-0.05, 0) is 0 Å². The maximum atomic E-state index is 8.01. The first-order chi connectivity index (χ1) is 10.3. The van der Waals surface area contributed by atoms with Crippen molar-refractivity contribution in [1.29, 1.82) is 5.41 Å². The molecule has 0 amide bonds. The molecule has 0 atom stereocenters. The quantitative estimate of drug-likeness (QED) is 0.753. The summed E-state index contributed by atoms with van der Waals surface area (Å²) in [7, 11) is 0. The van der Waals surface area contributed by atoms with E-state index in [4.69, 9.17) is 11.5 Å². The zero-order valence-electron chi connectivity index (χ0n) is 11.9. The third kappa shape index (κ3) is 1.98. The molecule has 3 nitrogen and oxygen atoms in total. The van der Waals surface area contributed by atoms with E-state index < -0.39 is 20.6 Å². The normalized spacial score (nSPS) is 41.2. The van der Waals surface area contributed by atoms with Crippen LogP contribution < -0.4 is 0 Å². The van der Waals surface area contributed by atoms with E-state index in [0.29, 0.717) is 12.0 Å². The molecule has 1 aromatic rings. The van der Waals surface area contributed by atoms with Crippen molar-refractivity contribution in [3.05, 3.63) is 33.4 Å². The maximum absolute atomic E-state index is 8.01. The molecule has 1 aliphatic heterocycles. The summed E-state index contributed by atoms with van der Waals surface area (Å²) in [5.74, 6) is 3.82. The minimum atomic E-state index is -2.09. The van der Waals surface area contributed by atoms with E-state index in [2.05, 4.69) is 6.07 Å². The molecule has 1 heterocycles. The van der Waals surface area contributed by atoms with Crippen molar-refractivity contribution >= 4 is 26.5 Å². The van der Waals surface area contributed by atoms with Crippen molar-refractivity contribution in [2.75, 3.05) is 0 Å². The Bertz CT molecular complexity index is 574. The number of hydrogen-bond acceptors (Lipinski definition) is 3. The summed E-state index contributed by atoms with van der Waals surface area (Å²) in [5, 5.41) is 8.01. The molecule has 1 N–H and O–H groups in total. The van der Waals surface area contributed by atoms with Crippen LogP contribution in [0.5, 0.6) is 0 Å². The van der Waals surface area contributed by atoms with Crippen LogP contribution in [0.25, 0.3) is 0 Å². The van der Waals surface area contributed by atoms with Crippen LogP contribution in [-0.2, 0) is 6.13 Å². The van der Waals surface area contributed by atoms with Crippen LogP contribution in [-0.4, -0.2) is 12.0 Å². The molecule has 4 bridgehead atoms. The molecule has 0 spiro atoms. The molecule has 0 radical (unpaired) electrons. The molecule has 1 aromatic carbocycles. The zero-order chi connectivity index (χ0) is 14.0. The second kappa shape index (κ2) is 4.69.